The molecule has 4 rings (SSSR count). The molecule has 0 bridgehead atoms. The van der Waals surface area contributed by atoms with Gasteiger partial charge in [0.25, 0.3) is 11.1 Å². The minimum atomic E-state index is -0.534. The van der Waals surface area contributed by atoms with Crippen molar-refractivity contribution >= 4 is 45.5 Å². The van der Waals surface area contributed by atoms with E-state index in [2.05, 4.69) is 10.6 Å². The van der Waals surface area contributed by atoms with E-state index in [9.17, 15) is 19.2 Å². The third-order valence-corrected chi connectivity index (χ3v) is 5.49. The summed E-state index contributed by atoms with van der Waals surface area (Å²) in [5.41, 5.74) is 2.38. The molecule has 29 heavy (non-hydrogen) atoms. The normalized spacial score (nSPS) is 16.1. The standard InChI is InChI=1S/C21H16N2O5S/c1-11-2-7-16-14(8-11)15(24)10-17(28-16)19(25)22-13-5-3-12(4-6-13)9-18-20(26)23-21(27)29-18/h2-8,10,18H,9H2,1H3,(H,22,25)(H,23,26,27). The number of hydrogen-bond donors (Lipinski definition) is 2. The van der Waals surface area contributed by atoms with Crippen LogP contribution in [-0.4, -0.2) is 22.3 Å². The molecule has 3 aromatic rings. The zero-order valence-corrected chi connectivity index (χ0v) is 16.2. The number of carbonyl (C=O) groups excluding carboxylic acids is 3. The van der Waals surface area contributed by atoms with Crippen LogP contribution in [0.3, 0.4) is 0 Å². The smallest absolute Gasteiger partial charge is 0.291 e. The van der Waals surface area contributed by atoms with Gasteiger partial charge < -0.3 is 9.73 Å². The number of carbonyl (C=O) groups is 3. The first-order chi connectivity index (χ1) is 13.9. The van der Waals surface area contributed by atoms with E-state index in [-0.39, 0.29) is 22.3 Å². The monoisotopic (exact) mass is 408 g/mol. The third kappa shape index (κ3) is 4.07. The Hall–Kier alpha value is -3.39. The first kappa shape index (κ1) is 18.9. The number of aryl methyl sites for hydroxylation is 1. The van der Waals surface area contributed by atoms with Gasteiger partial charge in [0.15, 0.2) is 11.2 Å². The van der Waals surface area contributed by atoms with Gasteiger partial charge >= 0.3 is 0 Å². The first-order valence-corrected chi connectivity index (χ1v) is 9.73. The second kappa shape index (κ2) is 7.56. The molecule has 2 heterocycles. The number of anilines is 1. The molecule has 1 aliphatic heterocycles. The second-order valence-corrected chi connectivity index (χ2v) is 7.89. The number of hydrogen-bond acceptors (Lipinski definition) is 6. The largest absolute Gasteiger partial charge is 0.451 e. The van der Waals surface area contributed by atoms with Gasteiger partial charge in [-0.25, -0.2) is 0 Å². The van der Waals surface area contributed by atoms with Gasteiger partial charge in [-0.15, -0.1) is 0 Å². The van der Waals surface area contributed by atoms with Crippen LogP contribution in [0.2, 0.25) is 0 Å². The lowest BCUT2D eigenvalue weighted by molar-refractivity contribution is -0.118. The van der Waals surface area contributed by atoms with Crippen molar-refractivity contribution in [3.8, 4) is 0 Å². The van der Waals surface area contributed by atoms with Gasteiger partial charge in [-0.3, -0.25) is 24.5 Å². The molecule has 3 amide bonds. The van der Waals surface area contributed by atoms with Crippen LogP contribution in [0.15, 0.2) is 57.7 Å². The molecule has 8 heteroatoms. The van der Waals surface area contributed by atoms with Gasteiger partial charge in [0, 0.05) is 11.8 Å². The number of imide groups is 1. The molecule has 1 unspecified atom stereocenters. The number of benzene rings is 2. The number of fused-ring (bicyclic) bond motifs is 1. The third-order valence-electron chi connectivity index (χ3n) is 4.51. The molecule has 2 aromatic carbocycles. The van der Waals surface area contributed by atoms with Crippen LogP contribution in [-0.2, 0) is 11.2 Å². The van der Waals surface area contributed by atoms with E-state index in [0.29, 0.717) is 23.1 Å². The Morgan fingerprint density at radius 1 is 1.10 bits per heavy atom. The minimum Gasteiger partial charge on any atom is -0.451 e. The number of rotatable bonds is 4. The zero-order valence-electron chi connectivity index (χ0n) is 15.4. The predicted molar refractivity (Wildman–Crippen MR) is 110 cm³/mol. The van der Waals surface area contributed by atoms with Gasteiger partial charge in [0.2, 0.25) is 5.91 Å². The number of nitrogens with one attached hydrogen (secondary N) is 2. The highest BCUT2D eigenvalue weighted by atomic mass is 32.2. The van der Waals surface area contributed by atoms with Crippen molar-refractivity contribution in [1.82, 2.24) is 5.32 Å². The topological polar surface area (TPSA) is 105 Å². The molecule has 1 aromatic heterocycles. The van der Waals surface area contributed by atoms with Gasteiger partial charge in [0.05, 0.1) is 10.6 Å². The molecule has 0 saturated carbocycles. The predicted octanol–water partition coefficient (Wildman–Crippen LogP) is 3.25. The highest BCUT2D eigenvalue weighted by molar-refractivity contribution is 8.15. The summed E-state index contributed by atoms with van der Waals surface area (Å²) in [5.74, 6) is -0.902. The molecule has 0 spiro atoms. The Kier molecular flexibility index (Phi) is 4.94. The SMILES string of the molecule is Cc1ccc2oc(C(=O)Nc3ccc(CC4SC(=O)NC4=O)cc3)cc(=O)c2c1. The Balaban J connectivity index is 1.48. The fourth-order valence-corrected chi connectivity index (χ4v) is 3.90. The lowest BCUT2D eigenvalue weighted by Gasteiger charge is -2.08. The van der Waals surface area contributed by atoms with Crippen LogP contribution in [0, 0.1) is 6.92 Å². The maximum atomic E-state index is 12.5. The lowest BCUT2D eigenvalue weighted by atomic mass is 10.1. The molecule has 1 atom stereocenters. The Bertz CT molecular complexity index is 1200. The van der Waals surface area contributed by atoms with Crippen molar-refractivity contribution in [2.45, 2.75) is 18.6 Å². The summed E-state index contributed by atoms with van der Waals surface area (Å²) in [5, 5.41) is 4.59. The van der Waals surface area contributed by atoms with Crippen molar-refractivity contribution < 1.29 is 18.8 Å². The molecule has 0 aliphatic carbocycles. The van der Waals surface area contributed by atoms with Crippen LogP contribution in [0.4, 0.5) is 10.5 Å². The average molecular weight is 408 g/mol. The van der Waals surface area contributed by atoms with E-state index in [0.717, 1.165) is 22.9 Å². The highest BCUT2D eigenvalue weighted by Gasteiger charge is 2.31. The Labute approximate surface area is 169 Å². The minimum absolute atomic E-state index is 0.0760. The molecule has 2 N–H and O–H groups in total. The van der Waals surface area contributed by atoms with Gasteiger partial charge in [0.1, 0.15) is 5.58 Å². The van der Waals surface area contributed by atoms with Gasteiger partial charge in [-0.05, 0) is 43.2 Å². The van der Waals surface area contributed by atoms with Crippen LogP contribution in [0.1, 0.15) is 21.7 Å². The maximum absolute atomic E-state index is 12.5. The van der Waals surface area contributed by atoms with Crippen LogP contribution >= 0.6 is 11.8 Å². The van der Waals surface area contributed by atoms with E-state index in [1.165, 1.54) is 6.07 Å². The number of thioether (sulfide) groups is 1. The van der Waals surface area contributed by atoms with Crippen molar-refractivity contribution in [2.24, 2.45) is 0 Å². The van der Waals surface area contributed by atoms with E-state index < -0.39 is 11.2 Å². The molecule has 7 nitrogen and oxygen atoms in total. The molecule has 1 fully saturated rings. The van der Waals surface area contributed by atoms with Crippen molar-refractivity contribution in [1.29, 1.82) is 0 Å². The van der Waals surface area contributed by atoms with E-state index in [4.69, 9.17) is 4.42 Å². The number of amides is 3. The average Bonchev–Trinajstić information content (AvgIpc) is 3.00. The highest BCUT2D eigenvalue weighted by Crippen LogP contribution is 2.23. The molecule has 1 saturated heterocycles. The molecular weight excluding hydrogens is 392 g/mol. The first-order valence-electron chi connectivity index (χ1n) is 8.85. The lowest BCUT2D eigenvalue weighted by Crippen LogP contribution is -2.25. The molecule has 1 aliphatic rings. The fourth-order valence-electron chi connectivity index (χ4n) is 3.04. The summed E-state index contributed by atoms with van der Waals surface area (Å²) in [4.78, 5) is 47.6. The van der Waals surface area contributed by atoms with E-state index in [1.807, 2.05) is 13.0 Å². The summed E-state index contributed by atoms with van der Waals surface area (Å²) >= 11 is 0.972. The zero-order chi connectivity index (χ0) is 20.5. The maximum Gasteiger partial charge on any atom is 0.291 e. The second-order valence-electron chi connectivity index (χ2n) is 6.71. The van der Waals surface area contributed by atoms with Gasteiger partial charge in [-0.1, -0.05) is 35.5 Å². The van der Waals surface area contributed by atoms with Crippen LogP contribution in [0.5, 0.6) is 0 Å². The molecule has 0 radical (unpaired) electrons. The summed E-state index contributed by atoms with van der Waals surface area (Å²) in [6.07, 6.45) is 0.412. The molecule has 146 valence electrons. The van der Waals surface area contributed by atoms with Crippen molar-refractivity contribution in [2.75, 3.05) is 5.32 Å². The fraction of sp³-hybridized carbons (Fsp3) is 0.143. The van der Waals surface area contributed by atoms with Crippen molar-refractivity contribution in [3.63, 3.8) is 0 Å². The van der Waals surface area contributed by atoms with E-state index in [1.54, 1.807) is 36.4 Å². The summed E-state index contributed by atoms with van der Waals surface area (Å²) in [6.45, 7) is 1.87. The van der Waals surface area contributed by atoms with Crippen LogP contribution in [0.25, 0.3) is 11.0 Å². The van der Waals surface area contributed by atoms with E-state index >= 15 is 0 Å². The Morgan fingerprint density at radius 3 is 2.55 bits per heavy atom. The van der Waals surface area contributed by atoms with Crippen molar-refractivity contribution in [3.05, 3.63) is 75.6 Å². The summed E-state index contributed by atoms with van der Waals surface area (Å²) in [6, 6.07) is 13.3. The Morgan fingerprint density at radius 2 is 1.86 bits per heavy atom. The quantitative estimate of drug-likeness (QED) is 0.687. The van der Waals surface area contributed by atoms with Crippen LogP contribution < -0.4 is 16.1 Å². The van der Waals surface area contributed by atoms with Gasteiger partial charge in [-0.2, -0.15) is 0 Å². The molecular formula is C21H16N2O5S. The summed E-state index contributed by atoms with van der Waals surface area (Å²) < 4.78 is 5.57. The summed E-state index contributed by atoms with van der Waals surface area (Å²) in [7, 11) is 0.